The van der Waals surface area contributed by atoms with Crippen molar-refractivity contribution in [1.29, 1.82) is 0 Å². The highest BCUT2D eigenvalue weighted by molar-refractivity contribution is 5.96. The van der Waals surface area contributed by atoms with E-state index in [2.05, 4.69) is 9.97 Å². The van der Waals surface area contributed by atoms with Crippen molar-refractivity contribution in [3.05, 3.63) is 23.3 Å². The average Bonchev–Trinajstić information content (AvgIpc) is 2.16. The first-order valence-corrected chi connectivity index (χ1v) is 3.41. The second-order valence-corrected chi connectivity index (χ2v) is 2.28. The third-order valence-corrected chi connectivity index (χ3v) is 1.37. The molecule has 72 valence electrons. The van der Waals surface area contributed by atoms with E-state index in [1.807, 2.05) is 0 Å². The molecule has 0 bridgehead atoms. The maximum atomic E-state index is 10.6. The van der Waals surface area contributed by atoms with Crippen LogP contribution in [0.25, 0.3) is 0 Å². The van der Waals surface area contributed by atoms with Crippen molar-refractivity contribution in [2.24, 2.45) is 5.73 Å². The van der Waals surface area contributed by atoms with Crippen LogP contribution in [0.1, 0.15) is 31.5 Å². The molecule has 3 N–H and O–H groups in total. The lowest BCUT2D eigenvalue weighted by molar-refractivity contribution is 0.0685. The van der Waals surface area contributed by atoms with Crippen LogP contribution in [-0.2, 0) is 0 Å². The fourth-order valence-electron chi connectivity index (χ4n) is 0.769. The van der Waals surface area contributed by atoms with E-state index in [1.54, 1.807) is 0 Å². The van der Waals surface area contributed by atoms with Crippen LogP contribution < -0.4 is 5.73 Å². The summed E-state index contributed by atoms with van der Waals surface area (Å²) in [6.07, 6.45) is 1.10. The molecule has 0 fully saturated rings. The molecule has 0 saturated carbocycles. The van der Waals surface area contributed by atoms with Gasteiger partial charge in [0.25, 0.3) is 5.91 Å². The topological polar surface area (TPSA) is 123 Å². The predicted octanol–water partition coefficient (Wildman–Crippen LogP) is -0.914. The Labute approximate surface area is 77.6 Å². The molecule has 1 aromatic heterocycles. The van der Waals surface area contributed by atoms with Crippen molar-refractivity contribution in [3.63, 3.8) is 0 Å². The number of aldehydes is 1. The third kappa shape index (κ3) is 1.71. The molecule has 0 unspecified atom stereocenters. The van der Waals surface area contributed by atoms with Crippen LogP contribution in [0.3, 0.4) is 0 Å². The Morgan fingerprint density at radius 3 is 2.57 bits per heavy atom. The molecule has 7 heteroatoms. The van der Waals surface area contributed by atoms with Crippen molar-refractivity contribution in [1.82, 2.24) is 9.97 Å². The zero-order chi connectivity index (χ0) is 10.7. The zero-order valence-corrected chi connectivity index (χ0v) is 6.80. The number of rotatable bonds is 3. The van der Waals surface area contributed by atoms with Gasteiger partial charge in [0.15, 0.2) is 12.0 Å². The van der Waals surface area contributed by atoms with Crippen LogP contribution in [0.4, 0.5) is 0 Å². The highest BCUT2D eigenvalue weighted by Crippen LogP contribution is 2.01. The van der Waals surface area contributed by atoms with Gasteiger partial charge in [0.2, 0.25) is 0 Å². The van der Waals surface area contributed by atoms with Crippen LogP contribution in [0.2, 0.25) is 0 Å². The molecule has 14 heavy (non-hydrogen) atoms. The number of aromatic nitrogens is 2. The van der Waals surface area contributed by atoms with Gasteiger partial charge in [0, 0.05) is 0 Å². The molecule has 0 radical (unpaired) electrons. The minimum Gasteiger partial charge on any atom is -0.476 e. The number of nitrogens with zero attached hydrogens (tertiary/aromatic N) is 2. The van der Waals surface area contributed by atoms with Crippen molar-refractivity contribution in [3.8, 4) is 0 Å². The first-order valence-electron chi connectivity index (χ1n) is 3.41. The van der Waals surface area contributed by atoms with Gasteiger partial charge in [-0.3, -0.25) is 9.59 Å². The summed E-state index contributed by atoms with van der Waals surface area (Å²) in [4.78, 5) is 38.3. The Kier molecular flexibility index (Phi) is 2.52. The van der Waals surface area contributed by atoms with E-state index in [1.165, 1.54) is 0 Å². The lowest BCUT2D eigenvalue weighted by Crippen LogP contribution is -2.17. The lowest BCUT2D eigenvalue weighted by Gasteiger charge is -1.98. The summed E-state index contributed by atoms with van der Waals surface area (Å²) in [6.45, 7) is 0. The summed E-state index contributed by atoms with van der Waals surface area (Å²) in [5.41, 5.74) is 3.67. The number of carboxylic acids is 1. The van der Waals surface area contributed by atoms with Crippen molar-refractivity contribution < 1.29 is 19.5 Å². The summed E-state index contributed by atoms with van der Waals surface area (Å²) < 4.78 is 0. The molecule has 1 aromatic rings. The average molecular weight is 195 g/mol. The highest BCUT2D eigenvalue weighted by atomic mass is 16.4. The van der Waals surface area contributed by atoms with E-state index in [4.69, 9.17) is 10.8 Å². The molecular formula is C7H5N3O4. The Morgan fingerprint density at radius 2 is 2.14 bits per heavy atom. The van der Waals surface area contributed by atoms with Crippen molar-refractivity contribution in [2.45, 2.75) is 0 Å². The van der Waals surface area contributed by atoms with Gasteiger partial charge in [-0.15, -0.1) is 0 Å². The van der Waals surface area contributed by atoms with Gasteiger partial charge in [-0.05, 0) is 0 Å². The van der Waals surface area contributed by atoms with E-state index in [-0.39, 0.29) is 12.0 Å². The largest absolute Gasteiger partial charge is 0.476 e. The Balaban J connectivity index is 3.32. The molecule has 0 aromatic carbocycles. The Bertz CT molecular complexity index is 415. The number of carbonyl (C=O) groups excluding carboxylic acids is 2. The Morgan fingerprint density at radius 1 is 1.50 bits per heavy atom. The minimum atomic E-state index is -1.39. The minimum absolute atomic E-state index is 0.197. The van der Waals surface area contributed by atoms with Gasteiger partial charge in [0.1, 0.15) is 11.4 Å². The van der Waals surface area contributed by atoms with Crippen molar-refractivity contribution >= 4 is 18.2 Å². The molecule has 0 aliphatic carbocycles. The molecule has 0 saturated heterocycles. The van der Waals surface area contributed by atoms with Crippen LogP contribution >= 0.6 is 0 Å². The molecule has 7 nitrogen and oxygen atoms in total. The van der Waals surface area contributed by atoms with E-state index < -0.39 is 23.3 Å². The number of amides is 1. The molecule has 0 aliphatic rings. The second kappa shape index (κ2) is 3.60. The fourth-order valence-corrected chi connectivity index (χ4v) is 0.769. The standard InChI is InChI=1S/C7H5N3O4/c8-6(12)3-1-9-5(7(13)14)4(2-11)10-3/h1-2H,(H2,8,12)(H,13,14). The summed E-state index contributed by atoms with van der Waals surface area (Å²) in [5.74, 6) is -2.27. The molecule has 1 amide bonds. The van der Waals surface area contributed by atoms with Gasteiger partial charge in [0.05, 0.1) is 6.20 Å². The summed E-state index contributed by atoms with van der Waals surface area (Å²) in [7, 11) is 0. The maximum Gasteiger partial charge on any atom is 0.356 e. The molecule has 1 rings (SSSR count). The molecule has 1 heterocycles. The quantitative estimate of drug-likeness (QED) is 0.601. The molecular weight excluding hydrogens is 190 g/mol. The monoisotopic (exact) mass is 195 g/mol. The number of carboxylic acid groups (broad SMARTS) is 1. The van der Waals surface area contributed by atoms with E-state index in [0.29, 0.717) is 0 Å². The summed E-state index contributed by atoms with van der Waals surface area (Å²) in [6, 6.07) is 0. The first kappa shape index (κ1) is 9.78. The van der Waals surface area contributed by atoms with Gasteiger partial charge < -0.3 is 10.8 Å². The lowest BCUT2D eigenvalue weighted by atomic mass is 10.3. The number of carbonyl (C=O) groups is 3. The number of hydrogen-bond donors (Lipinski definition) is 2. The Hall–Kier alpha value is -2.31. The normalized spacial score (nSPS) is 9.43. The van der Waals surface area contributed by atoms with Gasteiger partial charge >= 0.3 is 5.97 Å². The van der Waals surface area contributed by atoms with E-state index in [9.17, 15) is 14.4 Å². The van der Waals surface area contributed by atoms with Crippen LogP contribution in [-0.4, -0.2) is 33.2 Å². The zero-order valence-electron chi connectivity index (χ0n) is 6.80. The summed E-state index contributed by atoms with van der Waals surface area (Å²) >= 11 is 0. The van der Waals surface area contributed by atoms with Crippen LogP contribution in [0, 0.1) is 0 Å². The SMILES string of the molecule is NC(=O)c1cnc(C(=O)O)c(C=O)n1. The molecule has 0 aliphatic heterocycles. The van der Waals surface area contributed by atoms with Crippen LogP contribution in [0.15, 0.2) is 6.20 Å². The number of aromatic carboxylic acids is 1. The predicted molar refractivity (Wildman–Crippen MR) is 42.9 cm³/mol. The third-order valence-electron chi connectivity index (χ3n) is 1.37. The van der Waals surface area contributed by atoms with E-state index in [0.717, 1.165) is 6.20 Å². The highest BCUT2D eigenvalue weighted by Gasteiger charge is 2.15. The van der Waals surface area contributed by atoms with E-state index >= 15 is 0 Å². The number of nitrogens with two attached hydrogens (primary N) is 1. The summed E-state index contributed by atoms with van der Waals surface area (Å²) in [5, 5.41) is 8.55. The van der Waals surface area contributed by atoms with Gasteiger partial charge in [-0.1, -0.05) is 0 Å². The van der Waals surface area contributed by atoms with Gasteiger partial charge in [-0.2, -0.15) is 0 Å². The molecule has 0 spiro atoms. The maximum absolute atomic E-state index is 10.6. The smallest absolute Gasteiger partial charge is 0.356 e. The van der Waals surface area contributed by atoms with Crippen molar-refractivity contribution in [2.75, 3.05) is 0 Å². The fraction of sp³-hybridized carbons (Fsp3) is 0. The second-order valence-electron chi connectivity index (χ2n) is 2.28. The van der Waals surface area contributed by atoms with Gasteiger partial charge in [-0.25, -0.2) is 14.8 Å². The number of primary amides is 1. The van der Waals surface area contributed by atoms with Crippen LogP contribution in [0.5, 0.6) is 0 Å². The first-order chi connectivity index (χ1) is 6.56. The number of hydrogen-bond acceptors (Lipinski definition) is 5. The molecule has 0 atom stereocenters.